The van der Waals surface area contributed by atoms with Gasteiger partial charge in [-0.15, -0.1) is 0 Å². The Balaban J connectivity index is 1.50. The summed E-state index contributed by atoms with van der Waals surface area (Å²) in [6.07, 6.45) is 6.11. The number of nitrogens with zero attached hydrogens (tertiary/aromatic N) is 2. The van der Waals surface area contributed by atoms with E-state index in [1.165, 1.54) is 16.6 Å². The zero-order valence-electron chi connectivity index (χ0n) is 13.8. The molecule has 1 aromatic carbocycles. The number of nitrogens with one attached hydrogen (secondary N) is 1. The molecule has 124 valence electrons. The minimum Gasteiger partial charge on any atom is -0.382 e. The van der Waals surface area contributed by atoms with Crippen molar-refractivity contribution in [2.45, 2.75) is 50.8 Å². The fourth-order valence-corrected chi connectivity index (χ4v) is 3.89. The van der Waals surface area contributed by atoms with Crippen molar-refractivity contribution in [2.75, 3.05) is 25.1 Å². The van der Waals surface area contributed by atoms with Gasteiger partial charge in [0.15, 0.2) is 0 Å². The Morgan fingerprint density at radius 1 is 1.30 bits per heavy atom. The molecule has 2 aromatic rings. The molecule has 0 aliphatic carbocycles. The maximum Gasteiger partial charge on any atom is 0.0745 e. The monoisotopic (exact) mass is 315 g/mol. The minimum absolute atomic E-state index is 0.0312. The summed E-state index contributed by atoms with van der Waals surface area (Å²) < 4.78 is 13.7. The summed E-state index contributed by atoms with van der Waals surface area (Å²) in [5.74, 6) is 0. The van der Waals surface area contributed by atoms with Crippen molar-refractivity contribution < 1.29 is 9.47 Å². The van der Waals surface area contributed by atoms with Crippen molar-refractivity contribution in [3.63, 3.8) is 0 Å². The van der Waals surface area contributed by atoms with Crippen LogP contribution >= 0.6 is 0 Å². The predicted molar refractivity (Wildman–Crippen MR) is 90.8 cm³/mol. The minimum atomic E-state index is 0.0312. The zero-order valence-corrected chi connectivity index (χ0v) is 13.8. The first-order chi connectivity index (χ1) is 11.3. The molecule has 2 saturated heterocycles. The summed E-state index contributed by atoms with van der Waals surface area (Å²) in [6.45, 7) is 5.52. The molecule has 4 rings (SSSR count). The van der Waals surface area contributed by atoms with Crippen LogP contribution in [0.3, 0.4) is 0 Å². The second-order valence-electron chi connectivity index (χ2n) is 6.71. The lowest BCUT2D eigenvalue weighted by Gasteiger charge is -2.43. The highest BCUT2D eigenvalue weighted by Crippen LogP contribution is 2.35. The van der Waals surface area contributed by atoms with Gasteiger partial charge in [-0.25, -0.2) is 0 Å². The molecule has 5 heteroatoms. The van der Waals surface area contributed by atoms with Crippen LogP contribution in [-0.2, 0) is 16.0 Å². The molecule has 0 bridgehead atoms. The second-order valence-corrected chi connectivity index (χ2v) is 6.71. The molecule has 2 aliphatic heterocycles. The van der Waals surface area contributed by atoms with Crippen LogP contribution in [0.25, 0.3) is 10.9 Å². The molecule has 0 radical (unpaired) electrons. The van der Waals surface area contributed by atoms with Crippen LogP contribution in [0.5, 0.6) is 0 Å². The number of benzene rings is 1. The maximum atomic E-state index is 6.13. The molecule has 1 aromatic heterocycles. The van der Waals surface area contributed by atoms with Gasteiger partial charge in [-0.05, 0) is 50.8 Å². The Labute approximate surface area is 136 Å². The van der Waals surface area contributed by atoms with E-state index in [-0.39, 0.29) is 5.60 Å². The molecule has 1 spiro atoms. The van der Waals surface area contributed by atoms with Crippen molar-refractivity contribution in [1.29, 1.82) is 0 Å². The first-order valence-electron chi connectivity index (χ1n) is 8.72. The summed E-state index contributed by atoms with van der Waals surface area (Å²) in [5.41, 5.74) is 2.41. The van der Waals surface area contributed by atoms with Crippen LogP contribution in [-0.4, -0.2) is 41.2 Å². The van der Waals surface area contributed by atoms with Gasteiger partial charge in [0.2, 0.25) is 0 Å². The van der Waals surface area contributed by atoms with Gasteiger partial charge in [0.05, 0.1) is 17.3 Å². The topological polar surface area (TPSA) is 48.3 Å². The molecular weight excluding hydrogens is 290 g/mol. The fourth-order valence-electron chi connectivity index (χ4n) is 3.89. The predicted octanol–water partition coefficient (Wildman–Crippen LogP) is 3.20. The first-order valence-corrected chi connectivity index (χ1v) is 8.72. The van der Waals surface area contributed by atoms with Crippen molar-refractivity contribution in [3.05, 3.63) is 24.4 Å². The molecule has 0 saturated carbocycles. The summed E-state index contributed by atoms with van der Waals surface area (Å²) in [6, 6.07) is 7.01. The standard InChI is InChI=1S/C18H25N3O2/c1-2-21-17-11-15(4-3-14(17)13-19-21)20-16-5-8-23-18(12-16)6-9-22-10-7-18/h3-4,11,13,16,20H,2,5-10,12H2,1H3. The van der Waals surface area contributed by atoms with E-state index in [1.807, 2.05) is 10.9 Å². The summed E-state index contributed by atoms with van der Waals surface area (Å²) in [4.78, 5) is 0. The molecule has 3 heterocycles. The van der Waals surface area contributed by atoms with Crippen molar-refractivity contribution in [3.8, 4) is 0 Å². The van der Waals surface area contributed by atoms with Crippen LogP contribution < -0.4 is 5.32 Å². The molecule has 1 atom stereocenters. The average molecular weight is 315 g/mol. The average Bonchev–Trinajstić information content (AvgIpc) is 2.98. The number of rotatable bonds is 3. The third kappa shape index (κ3) is 2.95. The largest absolute Gasteiger partial charge is 0.382 e. The van der Waals surface area contributed by atoms with E-state index in [1.54, 1.807) is 0 Å². The molecular formula is C18H25N3O2. The Kier molecular flexibility index (Phi) is 3.99. The third-order valence-corrected chi connectivity index (χ3v) is 5.21. The highest BCUT2D eigenvalue weighted by atomic mass is 16.5. The first kappa shape index (κ1) is 15.0. The Morgan fingerprint density at radius 2 is 2.17 bits per heavy atom. The van der Waals surface area contributed by atoms with E-state index in [0.29, 0.717) is 6.04 Å². The number of aryl methyl sites for hydroxylation is 1. The Hall–Kier alpha value is -1.59. The molecule has 23 heavy (non-hydrogen) atoms. The number of ether oxygens (including phenoxy) is 2. The summed E-state index contributed by atoms with van der Waals surface area (Å²) in [5, 5.41) is 9.35. The summed E-state index contributed by atoms with van der Waals surface area (Å²) >= 11 is 0. The van der Waals surface area contributed by atoms with Crippen molar-refractivity contribution >= 4 is 16.6 Å². The van der Waals surface area contributed by atoms with Gasteiger partial charge in [-0.2, -0.15) is 5.10 Å². The van der Waals surface area contributed by atoms with E-state index >= 15 is 0 Å². The SMILES string of the molecule is CCn1ncc2ccc(NC3CCOC4(CCOCC4)C3)cc21. The molecule has 0 amide bonds. The highest BCUT2D eigenvalue weighted by Gasteiger charge is 2.38. The number of aromatic nitrogens is 2. The van der Waals surface area contributed by atoms with Crippen LogP contribution in [0, 0.1) is 0 Å². The van der Waals surface area contributed by atoms with Gasteiger partial charge in [0, 0.05) is 43.5 Å². The molecule has 1 unspecified atom stereocenters. The number of fused-ring (bicyclic) bond motifs is 1. The highest BCUT2D eigenvalue weighted by molar-refractivity contribution is 5.82. The quantitative estimate of drug-likeness (QED) is 0.945. The summed E-state index contributed by atoms with van der Waals surface area (Å²) in [7, 11) is 0. The fraction of sp³-hybridized carbons (Fsp3) is 0.611. The lowest BCUT2D eigenvalue weighted by Crippen LogP contribution is -2.47. The van der Waals surface area contributed by atoms with Crippen LogP contribution in [0.15, 0.2) is 24.4 Å². The maximum absolute atomic E-state index is 6.13. The lowest BCUT2D eigenvalue weighted by molar-refractivity contribution is -0.135. The van der Waals surface area contributed by atoms with E-state index < -0.39 is 0 Å². The van der Waals surface area contributed by atoms with E-state index in [9.17, 15) is 0 Å². The number of anilines is 1. The van der Waals surface area contributed by atoms with Gasteiger partial charge in [-0.3, -0.25) is 4.68 Å². The smallest absolute Gasteiger partial charge is 0.0745 e. The normalized spacial score (nSPS) is 24.1. The zero-order chi connectivity index (χ0) is 15.7. The third-order valence-electron chi connectivity index (χ3n) is 5.21. The van der Waals surface area contributed by atoms with Gasteiger partial charge in [-0.1, -0.05) is 0 Å². The molecule has 1 N–H and O–H groups in total. The molecule has 5 nitrogen and oxygen atoms in total. The van der Waals surface area contributed by atoms with E-state index in [0.717, 1.165) is 52.0 Å². The number of hydrogen-bond acceptors (Lipinski definition) is 4. The molecule has 2 aliphatic rings. The van der Waals surface area contributed by atoms with Crippen molar-refractivity contribution in [2.24, 2.45) is 0 Å². The second kappa shape index (κ2) is 6.13. The number of hydrogen-bond donors (Lipinski definition) is 1. The van der Waals surface area contributed by atoms with Gasteiger partial charge in [0.1, 0.15) is 0 Å². The van der Waals surface area contributed by atoms with Crippen LogP contribution in [0.1, 0.15) is 32.6 Å². The molecule has 2 fully saturated rings. The van der Waals surface area contributed by atoms with E-state index in [2.05, 4.69) is 35.5 Å². The van der Waals surface area contributed by atoms with Gasteiger partial charge >= 0.3 is 0 Å². The Bertz CT molecular complexity index is 670. The van der Waals surface area contributed by atoms with Gasteiger partial charge in [0.25, 0.3) is 0 Å². The Morgan fingerprint density at radius 3 is 3.00 bits per heavy atom. The van der Waals surface area contributed by atoms with Gasteiger partial charge < -0.3 is 14.8 Å². The van der Waals surface area contributed by atoms with Crippen LogP contribution in [0.4, 0.5) is 5.69 Å². The lowest BCUT2D eigenvalue weighted by atomic mass is 9.84. The van der Waals surface area contributed by atoms with E-state index in [4.69, 9.17) is 9.47 Å². The van der Waals surface area contributed by atoms with Crippen molar-refractivity contribution in [1.82, 2.24) is 9.78 Å². The van der Waals surface area contributed by atoms with Crippen LogP contribution in [0.2, 0.25) is 0 Å².